The molecule has 1 aromatic carbocycles. The molecule has 5 heteroatoms. The highest BCUT2D eigenvalue weighted by atomic mass is 16.2. The first kappa shape index (κ1) is 12.8. The van der Waals surface area contributed by atoms with E-state index in [9.17, 15) is 9.59 Å². The number of hydrogen-bond donors (Lipinski definition) is 1. The van der Waals surface area contributed by atoms with Gasteiger partial charge in [-0.3, -0.25) is 14.6 Å². The number of rotatable bonds is 1. The second kappa shape index (κ2) is 5.07. The summed E-state index contributed by atoms with van der Waals surface area (Å²) in [6.45, 7) is 2.90. The molecule has 0 saturated carbocycles. The van der Waals surface area contributed by atoms with E-state index in [1.807, 2.05) is 18.2 Å². The Morgan fingerprint density at radius 3 is 2.85 bits per heavy atom. The van der Waals surface area contributed by atoms with Crippen molar-refractivity contribution in [2.75, 3.05) is 13.1 Å². The van der Waals surface area contributed by atoms with Crippen molar-refractivity contribution in [1.29, 1.82) is 0 Å². The normalized spacial score (nSPS) is 25.6. The number of carbonyl (C=O) groups excluding carboxylic acids is 2. The van der Waals surface area contributed by atoms with E-state index in [4.69, 9.17) is 0 Å². The molecule has 2 aliphatic rings. The molecule has 0 aromatic heterocycles. The van der Waals surface area contributed by atoms with Crippen molar-refractivity contribution in [2.24, 2.45) is 10.9 Å². The summed E-state index contributed by atoms with van der Waals surface area (Å²) in [6, 6.07) is 9.20. The van der Waals surface area contributed by atoms with Crippen LogP contribution in [-0.2, 0) is 4.79 Å². The van der Waals surface area contributed by atoms with E-state index in [0.29, 0.717) is 24.5 Å². The number of hydrogen-bond acceptors (Lipinski definition) is 3. The molecule has 2 aliphatic heterocycles. The molecule has 104 valence electrons. The van der Waals surface area contributed by atoms with Crippen molar-refractivity contribution in [1.82, 2.24) is 10.2 Å². The zero-order chi connectivity index (χ0) is 14.1. The van der Waals surface area contributed by atoms with Gasteiger partial charge in [0.2, 0.25) is 5.91 Å². The molecular formula is C15H17N3O2. The zero-order valence-corrected chi connectivity index (χ0v) is 11.4. The van der Waals surface area contributed by atoms with Gasteiger partial charge in [0.25, 0.3) is 5.91 Å². The van der Waals surface area contributed by atoms with Crippen LogP contribution in [0, 0.1) is 5.92 Å². The molecule has 0 radical (unpaired) electrons. The lowest BCUT2D eigenvalue weighted by molar-refractivity contribution is -0.126. The molecule has 20 heavy (non-hydrogen) atoms. The van der Waals surface area contributed by atoms with Crippen molar-refractivity contribution in [3.8, 4) is 0 Å². The number of aliphatic imine (C=N–C) groups is 1. The van der Waals surface area contributed by atoms with Gasteiger partial charge in [0.15, 0.2) is 0 Å². The predicted molar refractivity (Wildman–Crippen MR) is 75.5 cm³/mol. The lowest BCUT2D eigenvalue weighted by Crippen LogP contribution is -2.54. The number of nitrogens with zero attached hydrogens (tertiary/aromatic N) is 2. The summed E-state index contributed by atoms with van der Waals surface area (Å²) in [6.07, 6.45) is 0.744. The van der Waals surface area contributed by atoms with Gasteiger partial charge in [-0.1, -0.05) is 18.2 Å². The first-order valence-corrected chi connectivity index (χ1v) is 6.85. The standard InChI is InChI=1S/C15H17N3O2/c1-10-16-13-7-8-18(9-12(13)14(19)17-10)15(20)11-5-3-2-4-6-11/h2-6,12-13H,7-9H2,1H3,(H,16,17,19). The van der Waals surface area contributed by atoms with E-state index >= 15 is 0 Å². The van der Waals surface area contributed by atoms with E-state index in [-0.39, 0.29) is 23.8 Å². The van der Waals surface area contributed by atoms with Crippen LogP contribution in [0.15, 0.2) is 35.3 Å². The van der Waals surface area contributed by atoms with Crippen LogP contribution in [0.2, 0.25) is 0 Å². The Morgan fingerprint density at radius 2 is 2.10 bits per heavy atom. The second-order valence-electron chi connectivity index (χ2n) is 5.28. The molecule has 1 aromatic rings. The topological polar surface area (TPSA) is 61.8 Å². The summed E-state index contributed by atoms with van der Waals surface area (Å²) < 4.78 is 0. The Balaban J connectivity index is 1.76. The number of amides is 2. The Labute approximate surface area is 117 Å². The van der Waals surface area contributed by atoms with Crippen LogP contribution in [0.4, 0.5) is 0 Å². The fourth-order valence-electron chi connectivity index (χ4n) is 2.85. The summed E-state index contributed by atoms with van der Waals surface area (Å²) >= 11 is 0. The number of fused-ring (bicyclic) bond motifs is 1. The van der Waals surface area contributed by atoms with Crippen molar-refractivity contribution in [3.63, 3.8) is 0 Å². The predicted octanol–water partition coefficient (Wildman–Crippen LogP) is 1.07. The van der Waals surface area contributed by atoms with Crippen LogP contribution in [0.25, 0.3) is 0 Å². The fourth-order valence-corrected chi connectivity index (χ4v) is 2.85. The zero-order valence-electron chi connectivity index (χ0n) is 11.4. The SMILES string of the molecule is CC1=NC2CCN(C(=O)c3ccccc3)CC2C(=O)N1. The highest BCUT2D eigenvalue weighted by molar-refractivity contribution is 6.01. The molecule has 2 amide bonds. The van der Waals surface area contributed by atoms with Gasteiger partial charge < -0.3 is 10.2 Å². The van der Waals surface area contributed by atoms with Gasteiger partial charge >= 0.3 is 0 Å². The van der Waals surface area contributed by atoms with E-state index in [2.05, 4.69) is 10.3 Å². The Bertz CT molecular complexity index is 568. The summed E-state index contributed by atoms with van der Waals surface area (Å²) in [5.74, 6) is 0.426. The smallest absolute Gasteiger partial charge is 0.253 e. The number of piperidine rings is 1. The molecule has 2 heterocycles. The van der Waals surface area contributed by atoms with Crippen molar-refractivity contribution < 1.29 is 9.59 Å². The Morgan fingerprint density at radius 1 is 1.35 bits per heavy atom. The minimum Gasteiger partial charge on any atom is -0.338 e. The summed E-state index contributed by atoms with van der Waals surface area (Å²) in [4.78, 5) is 30.6. The number of amidine groups is 1. The van der Waals surface area contributed by atoms with Crippen LogP contribution in [0.5, 0.6) is 0 Å². The highest BCUT2D eigenvalue weighted by Gasteiger charge is 2.38. The molecule has 0 bridgehead atoms. The third-order valence-corrected chi connectivity index (χ3v) is 3.88. The van der Waals surface area contributed by atoms with Crippen LogP contribution < -0.4 is 5.32 Å². The van der Waals surface area contributed by atoms with Crippen LogP contribution in [-0.4, -0.2) is 41.7 Å². The molecule has 1 saturated heterocycles. The van der Waals surface area contributed by atoms with E-state index in [1.165, 1.54) is 0 Å². The monoisotopic (exact) mass is 271 g/mol. The Hall–Kier alpha value is -2.17. The number of likely N-dealkylation sites (tertiary alicyclic amines) is 1. The van der Waals surface area contributed by atoms with Crippen LogP contribution in [0.1, 0.15) is 23.7 Å². The van der Waals surface area contributed by atoms with Gasteiger partial charge in [-0.15, -0.1) is 0 Å². The average molecular weight is 271 g/mol. The molecule has 3 rings (SSSR count). The molecule has 0 spiro atoms. The number of nitrogens with one attached hydrogen (secondary N) is 1. The molecule has 2 atom stereocenters. The number of benzene rings is 1. The maximum absolute atomic E-state index is 12.4. The van der Waals surface area contributed by atoms with Crippen LogP contribution >= 0.6 is 0 Å². The first-order chi connectivity index (χ1) is 9.65. The summed E-state index contributed by atoms with van der Waals surface area (Å²) in [5.41, 5.74) is 0.668. The summed E-state index contributed by atoms with van der Waals surface area (Å²) in [5, 5.41) is 2.75. The lowest BCUT2D eigenvalue weighted by atomic mass is 9.90. The quantitative estimate of drug-likeness (QED) is 0.830. The molecular weight excluding hydrogens is 254 g/mol. The van der Waals surface area contributed by atoms with Gasteiger partial charge in [0, 0.05) is 18.7 Å². The van der Waals surface area contributed by atoms with Crippen molar-refractivity contribution >= 4 is 17.6 Å². The second-order valence-corrected chi connectivity index (χ2v) is 5.28. The van der Waals surface area contributed by atoms with Crippen molar-refractivity contribution in [2.45, 2.75) is 19.4 Å². The third-order valence-electron chi connectivity index (χ3n) is 3.88. The lowest BCUT2D eigenvalue weighted by Gasteiger charge is -2.38. The van der Waals surface area contributed by atoms with E-state index in [0.717, 1.165) is 6.42 Å². The minimum absolute atomic E-state index is 0.0110. The molecule has 0 aliphatic carbocycles. The average Bonchev–Trinajstić information content (AvgIpc) is 2.47. The van der Waals surface area contributed by atoms with Gasteiger partial charge in [-0.05, 0) is 25.5 Å². The number of carbonyl (C=O) groups is 2. The Kier molecular flexibility index (Phi) is 3.26. The van der Waals surface area contributed by atoms with Gasteiger partial charge in [0.05, 0.1) is 12.0 Å². The van der Waals surface area contributed by atoms with Gasteiger partial charge in [0.1, 0.15) is 5.84 Å². The van der Waals surface area contributed by atoms with Crippen LogP contribution in [0.3, 0.4) is 0 Å². The molecule has 2 unspecified atom stereocenters. The molecule has 1 N–H and O–H groups in total. The molecule has 5 nitrogen and oxygen atoms in total. The van der Waals surface area contributed by atoms with E-state index < -0.39 is 0 Å². The van der Waals surface area contributed by atoms with Crippen molar-refractivity contribution in [3.05, 3.63) is 35.9 Å². The first-order valence-electron chi connectivity index (χ1n) is 6.85. The fraction of sp³-hybridized carbons (Fsp3) is 0.400. The van der Waals surface area contributed by atoms with Gasteiger partial charge in [-0.2, -0.15) is 0 Å². The largest absolute Gasteiger partial charge is 0.338 e. The maximum atomic E-state index is 12.4. The third kappa shape index (κ3) is 2.31. The van der Waals surface area contributed by atoms with Gasteiger partial charge in [-0.25, -0.2) is 0 Å². The minimum atomic E-state index is -0.222. The highest BCUT2D eigenvalue weighted by Crippen LogP contribution is 2.24. The summed E-state index contributed by atoms with van der Waals surface area (Å²) in [7, 11) is 0. The van der Waals surface area contributed by atoms with E-state index in [1.54, 1.807) is 24.0 Å². The maximum Gasteiger partial charge on any atom is 0.253 e. The molecule has 1 fully saturated rings.